The minimum Gasteiger partial charge on any atom is -0.490 e. The van der Waals surface area contributed by atoms with E-state index in [4.69, 9.17) is 16.3 Å². The number of benzene rings is 1. The molecule has 2 heteroatoms. The van der Waals surface area contributed by atoms with Crippen molar-refractivity contribution in [1.82, 2.24) is 0 Å². The van der Waals surface area contributed by atoms with Crippen molar-refractivity contribution in [2.24, 2.45) is 0 Å². The Balaban J connectivity index is 2.33. The molecule has 1 atom stereocenters. The summed E-state index contributed by atoms with van der Waals surface area (Å²) in [6, 6.07) is 8.27. The van der Waals surface area contributed by atoms with Crippen molar-refractivity contribution in [2.75, 3.05) is 6.61 Å². The van der Waals surface area contributed by atoms with Gasteiger partial charge in [0.2, 0.25) is 0 Å². The third kappa shape index (κ3) is 6.29. The van der Waals surface area contributed by atoms with Gasteiger partial charge in [0.1, 0.15) is 12.4 Å². The molecule has 0 N–H and O–H groups in total. The summed E-state index contributed by atoms with van der Waals surface area (Å²) in [5.41, 5.74) is 3.67. The Bertz CT molecular complexity index is 445. The van der Waals surface area contributed by atoms with E-state index in [0.29, 0.717) is 6.61 Å². The first-order chi connectivity index (χ1) is 9.52. The van der Waals surface area contributed by atoms with E-state index in [2.05, 4.69) is 38.6 Å². The molecule has 1 rings (SSSR count). The monoisotopic (exact) mass is 292 g/mol. The van der Waals surface area contributed by atoms with Crippen molar-refractivity contribution >= 4 is 11.6 Å². The molecule has 1 aromatic carbocycles. The lowest BCUT2D eigenvalue weighted by atomic mass is 10.1. The predicted molar refractivity (Wildman–Crippen MR) is 88.8 cm³/mol. The van der Waals surface area contributed by atoms with E-state index in [1.807, 2.05) is 19.1 Å². The predicted octanol–water partition coefficient (Wildman–Crippen LogP) is 5.54. The van der Waals surface area contributed by atoms with Crippen molar-refractivity contribution in [3.63, 3.8) is 0 Å². The molecule has 1 unspecified atom stereocenters. The molecule has 0 spiro atoms. The Morgan fingerprint density at radius 3 is 2.50 bits per heavy atom. The molecule has 0 aromatic heterocycles. The van der Waals surface area contributed by atoms with Gasteiger partial charge in [0.25, 0.3) is 0 Å². The van der Waals surface area contributed by atoms with E-state index in [1.165, 1.54) is 11.1 Å². The van der Waals surface area contributed by atoms with Crippen LogP contribution in [-0.4, -0.2) is 12.0 Å². The summed E-state index contributed by atoms with van der Waals surface area (Å²) in [5, 5.41) is 0.0702. The lowest BCUT2D eigenvalue weighted by Crippen LogP contribution is -2.00. The Morgan fingerprint density at radius 2 is 1.95 bits per heavy atom. The average molecular weight is 293 g/mol. The molecule has 0 fully saturated rings. The van der Waals surface area contributed by atoms with Crippen LogP contribution in [0.4, 0.5) is 0 Å². The SMILES string of the molecule is C=C(C)C(Cl)CC/C(C)=C/COc1ccc(CC)cc1. The van der Waals surface area contributed by atoms with Gasteiger partial charge in [-0.3, -0.25) is 0 Å². The standard InChI is InChI=1S/C18H25ClO/c1-5-16-7-9-17(10-8-16)20-13-12-15(4)6-11-18(19)14(2)3/h7-10,12,18H,2,5-6,11,13H2,1,3-4H3/b15-12+. The molecular weight excluding hydrogens is 268 g/mol. The molecule has 0 radical (unpaired) electrons. The van der Waals surface area contributed by atoms with Gasteiger partial charge in [-0.05, 0) is 56.9 Å². The van der Waals surface area contributed by atoms with Crippen LogP contribution in [0.3, 0.4) is 0 Å². The van der Waals surface area contributed by atoms with Crippen molar-refractivity contribution in [3.05, 3.63) is 53.6 Å². The van der Waals surface area contributed by atoms with Crippen LogP contribution in [0, 0.1) is 0 Å². The van der Waals surface area contributed by atoms with Crippen molar-refractivity contribution in [3.8, 4) is 5.75 Å². The van der Waals surface area contributed by atoms with E-state index in [1.54, 1.807) is 0 Å². The highest BCUT2D eigenvalue weighted by molar-refractivity contribution is 6.22. The van der Waals surface area contributed by atoms with E-state index in [-0.39, 0.29) is 5.38 Å². The number of rotatable bonds is 8. The quantitative estimate of drug-likeness (QED) is 0.452. The molecule has 0 aliphatic rings. The largest absolute Gasteiger partial charge is 0.490 e. The first-order valence-corrected chi connectivity index (χ1v) is 7.63. The third-order valence-electron chi connectivity index (χ3n) is 3.34. The maximum atomic E-state index is 6.16. The summed E-state index contributed by atoms with van der Waals surface area (Å²) in [7, 11) is 0. The summed E-state index contributed by atoms with van der Waals surface area (Å²) in [6.45, 7) is 10.7. The number of halogens is 1. The summed E-state index contributed by atoms with van der Waals surface area (Å²) >= 11 is 6.16. The van der Waals surface area contributed by atoms with Crippen LogP contribution in [0.15, 0.2) is 48.1 Å². The van der Waals surface area contributed by atoms with Crippen LogP contribution >= 0.6 is 11.6 Å². The van der Waals surface area contributed by atoms with Crippen molar-refractivity contribution in [1.29, 1.82) is 0 Å². The third-order valence-corrected chi connectivity index (χ3v) is 3.93. The number of alkyl halides is 1. The smallest absolute Gasteiger partial charge is 0.119 e. The average Bonchev–Trinajstić information content (AvgIpc) is 2.45. The molecule has 20 heavy (non-hydrogen) atoms. The van der Waals surface area contributed by atoms with Gasteiger partial charge in [0.15, 0.2) is 0 Å². The molecule has 110 valence electrons. The molecule has 0 aliphatic heterocycles. The summed E-state index contributed by atoms with van der Waals surface area (Å²) < 4.78 is 5.70. The Labute approximate surface area is 128 Å². The minimum atomic E-state index is 0.0702. The van der Waals surface area contributed by atoms with Gasteiger partial charge in [-0.15, -0.1) is 11.6 Å². The second-order valence-corrected chi connectivity index (χ2v) is 5.74. The van der Waals surface area contributed by atoms with Gasteiger partial charge < -0.3 is 4.74 Å². The second-order valence-electron chi connectivity index (χ2n) is 5.21. The van der Waals surface area contributed by atoms with Crippen LogP contribution in [0.5, 0.6) is 5.75 Å². The fraction of sp³-hybridized carbons (Fsp3) is 0.444. The fourth-order valence-corrected chi connectivity index (χ4v) is 1.91. The molecule has 1 nitrogen and oxygen atoms in total. The van der Waals surface area contributed by atoms with Crippen LogP contribution in [0.1, 0.15) is 39.2 Å². The molecule has 0 aliphatic carbocycles. The zero-order chi connectivity index (χ0) is 15.0. The van der Waals surface area contributed by atoms with E-state index in [9.17, 15) is 0 Å². The normalized spacial score (nSPS) is 13.1. The Hall–Kier alpha value is -1.21. The Morgan fingerprint density at radius 1 is 1.30 bits per heavy atom. The molecule has 0 heterocycles. The van der Waals surface area contributed by atoms with Gasteiger partial charge in [0.05, 0.1) is 5.38 Å². The first-order valence-electron chi connectivity index (χ1n) is 7.19. The number of hydrogen-bond acceptors (Lipinski definition) is 1. The van der Waals surface area contributed by atoms with Gasteiger partial charge in [-0.1, -0.05) is 36.8 Å². The zero-order valence-electron chi connectivity index (χ0n) is 12.8. The van der Waals surface area contributed by atoms with Crippen LogP contribution in [-0.2, 0) is 6.42 Å². The van der Waals surface area contributed by atoms with E-state index in [0.717, 1.165) is 30.6 Å². The highest BCUT2D eigenvalue weighted by Crippen LogP contribution is 2.17. The van der Waals surface area contributed by atoms with Gasteiger partial charge in [-0.2, -0.15) is 0 Å². The van der Waals surface area contributed by atoms with Gasteiger partial charge >= 0.3 is 0 Å². The summed E-state index contributed by atoms with van der Waals surface area (Å²) in [6.07, 6.45) is 5.10. The number of aryl methyl sites for hydroxylation is 1. The maximum absolute atomic E-state index is 6.16. The maximum Gasteiger partial charge on any atom is 0.119 e. The zero-order valence-corrected chi connectivity index (χ0v) is 13.5. The van der Waals surface area contributed by atoms with E-state index < -0.39 is 0 Å². The molecule has 0 saturated heterocycles. The Kier molecular flexibility index (Phi) is 7.46. The van der Waals surface area contributed by atoms with E-state index >= 15 is 0 Å². The highest BCUT2D eigenvalue weighted by atomic mass is 35.5. The number of ether oxygens (including phenoxy) is 1. The number of hydrogen-bond donors (Lipinski definition) is 0. The summed E-state index contributed by atoms with van der Waals surface area (Å²) in [4.78, 5) is 0. The van der Waals surface area contributed by atoms with Crippen LogP contribution in [0.25, 0.3) is 0 Å². The minimum absolute atomic E-state index is 0.0702. The molecule has 0 saturated carbocycles. The lowest BCUT2D eigenvalue weighted by molar-refractivity contribution is 0.361. The van der Waals surface area contributed by atoms with Crippen LogP contribution < -0.4 is 4.74 Å². The van der Waals surface area contributed by atoms with Gasteiger partial charge in [-0.25, -0.2) is 0 Å². The highest BCUT2D eigenvalue weighted by Gasteiger charge is 2.04. The van der Waals surface area contributed by atoms with Gasteiger partial charge in [0, 0.05) is 0 Å². The fourth-order valence-electron chi connectivity index (χ4n) is 1.80. The lowest BCUT2D eigenvalue weighted by Gasteiger charge is -2.09. The first kappa shape index (κ1) is 16.8. The second kappa shape index (κ2) is 8.86. The molecule has 0 bridgehead atoms. The molecule has 1 aromatic rings. The summed E-state index contributed by atoms with van der Waals surface area (Å²) in [5.74, 6) is 0.920. The molecular formula is C18H25ClO. The topological polar surface area (TPSA) is 9.23 Å². The van der Waals surface area contributed by atoms with Crippen molar-refractivity contribution < 1.29 is 4.74 Å². The number of allylic oxidation sites excluding steroid dienone is 2. The van der Waals surface area contributed by atoms with Crippen LogP contribution in [0.2, 0.25) is 0 Å². The molecule has 0 amide bonds. The van der Waals surface area contributed by atoms with Crippen molar-refractivity contribution in [2.45, 2.75) is 45.4 Å².